The summed E-state index contributed by atoms with van der Waals surface area (Å²) in [7, 11) is 0. The van der Waals surface area contributed by atoms with Crippen LogP contribution in [0, 0.1) is 0 Å². The van der Waals surface area contributed by atoms with E-state index < -0.39 is 6.10 Å². The lowest BCUT2D eigenvalue weighted by atomic mass is 10.2. The maximum absolute atomic E-state index is 10.1. The first-order chi connectivity index (χ1) is 7.08. The molecule has 0 fully saturated rings. The van der Waals surface area contributed by atoms with Crippen molar-refractivity contribution in [3.63, 3.8) is 0 Å². The number of halogens is 3. The van der Waals surface area contributed by atoms with E-state index in [4.69, 9.17) is 11.6 Å². The molecule has 1 atom stereocenters. The SMILES string of the molecule is OC(c1ccc(Cl)s1)c1cc(Br)c(Br)s1. The molecule has 2 heterocycles. The van der Waals surface area contributed by atoms with E-state index in [-0.39, 0.29) is 0 Å². The number of rotatable bonds is 2. The van der Waals surface area contributed by atoms with Gasteiger partial charge in [-0.1, -0.05) is 11.6 Å². The Hall–Kier alpha value is 0.610. The number of hydrogen-bond acceptors (Lipinski definition) is 3. The lowest BCUT2D eigenvalue weighted by Crippen LogP contribution is -1.92. The Bertz CT molecular complexity index is 461. The molecule has 0 spiro atoms. The van der Waals surface area contributed by atoms with Crippen LogP contribution in [0.4, 0.5) is 0 Å². The fraction of sp³-hybridized carbons (Fsp3) is 0.111. The summed E-state index contributed by atoms with van der Waals surface area (Å²) >= 11 is 15.5. The average Bonchev–Trinajstić information content (AvgIpc) is 2.74. The van der Waals surface area contributed by atoms with Crippen molar-refractivity contribution >= 4 is 66.1 Å². The standard InChI is InChI=1S/C9H5Br2ClOS2/c10-4-3-6(15-9(4)11)8(13)5-1-2-7(12)14-5/h1-3,8,13H. The van der Waals surface area contributed by atoms with Gasteiger partial charge < -0.3 is 5.11 Å². The molecule has 6 heteroatoms. The maximum Gasteiger partial charge on any atom is 0.122 e. The zero-order valence-electron chi connectivity index (χ0n) is 7.21. The maximum atomic E-state index is 10.1. The van der Waals surface area contributed by atoms with Crippen molar-refractivity contribution in [3.05, 3.63) is 40.5 Å². The molecule has 80 valence electrons. The number of thiophene rings is 2. The lowest BCUT2D eigenvalue weighted by Gasteiger charge is -2.04. The van der Waals surface area contributed by atoms with Gasteiger partial charge in [-0.05, 0) is 50.1 Å². The van der Waals surface area contributed by atoms with Gasteiger partial charge in [0.15, 0.2) is 0 Å². The van der Waals surface area contributed by atoms with Crippen molar-refractivity contribution in [2.75, 3.05) is 0 Å². The molecule has 0 saturated carbocycles. The van der Waals surface area contributed by atoms with Crippen LogP contribution in [0.15, 0.2) is 26.5 Å². The minimum atomic E-state index is -0.588. The van der Waals surface area contributed by atoms with Crippen molar-refractivity contribution in [3.8, 4) is 0 Å². The fourth-order valence-electron chi connectivity index (χ4n) is 1.11. The molecular weight excluding hydrogens is 383 g/mol. The minimum absolute atomic E-state index is 0.588. The fourth-order valence-corrected chi connectivity index (χ4v) is 4.35. The Morgan fingerprint density at radius 3 is 2.40 bits per heavy atom. The molecule has 0 saturated heterocycles. The van der Waals surface area contributed by atoms with Gasteiger partial charge in [0.1, 0.15) is 6.10 Å². The van der Waals surface area contributed by atoms with Gasteiger partial charge in [-0.15, -0.1) is 22.7 Å². The first kappa shape index (κ1) is 12.1. The molecule has 0 bridgehead atoms. The normalized spacial score (nSPS) is 13.1. The van der Waals surface area contributed by atoms with Crippen LogP contribution in [-0.2, 0) is 0 Å². The summed E-state index contributed by atoms with van der Waals surface area (Å²) in [6.45, 7) is 0. The monoisotopic (exact) mass is 386 g/mol. The van der Waals surface area contributed by atoms with E-state index in [2.05, 4.69) is 31.9 Å². The molecule has 1 nitrogen and oxygen atoms in total. The van der Waals surface area contributed by atoms with Gasteiger partial charge in [-0.25, -0.2) is 0 Å². The molecule has 0 aromatic carbocycles. The second-order valence-corrected chi connectivity index (χ2v) is 7.82. The highest BCUT2D eigenvalue weighted by Crippen LogP contribution is 2.39. The van der Waals surface area contributed by atoms with Gasteiger partial charge in [0.25, 0.3) is 0 Å². The number of aliphatic hydroxyl groups excluding tert-OH is 1. The van der Waals surface area contributed by atoms with Crippen LogP contribution >= 0.6 is 66.1 Å². The smallest absolute Gasteiger partial charge is 0.122 e. The Balaban J connectivity index is 2.31. The van der Waals surface area contributed by atoms with Crippen LogP contribution in [0.2, 0.25) is 4.34 Å². The molecule has 2 aromatic rings. The lowest BCUT2D eigenvalue weighted by molar-refractivity contribution is 0.228. The molecule has 0 aliphatic heterocycles. The molecule has 15 heavy (non-hydrogen) atoms. The molecule has 0 amide bonds. The Labute approximate surface area is 117 Å². The highest BCUT2D eigenvalue weighted by atomic mass is 79.9. The quantitative estimate of drug-likeness (QED) is 0.762. The van der Waals surface area contributed by atoms with Crippen molar-refractivity contribution in [2.24, 2.45) is 0 Å². The first-order valence-corrected chi connectivity index (χ1v) is 7.55. The number of aliphatic hydroxyl groups is 1. The van der Waals surface area contributed by atoms with Gasteiger partial charge in [-0.3, -0.25) is 0 Å². The summed E-state index contributed by atoms with van der Waals surface area (Å²) in [5.74, 6) is 0. The zero-order valence-corrected chi connectivity index (χ0v) is 12.8. The van der Waals surface area contributed by atoms with Crippen LogP contribution in [0.5, 0.6) is 0 Å². The van der Waals surface area contributed by atoms with Crippen LogP contribution in [0.25, 0.3) is 0 Å². The van der Waals surface area contributed by atoms with Gasteiger partial charge in [-0.2, -0.15) is 0 Å². The van der Waals surface area contributed by atoms with E-state index in [0.29, 0.717) is 4.34 Å². The highest BCUT2D eigenvalue weighted by molar-refractivity contribution is 9.13. The van der Waals surface area contributed by atoms with E-state index in [1.54, 1.807) is 6.07 Å². The van der Waals surface area contributed by atoms with E-state index in [0.717, 1.165) is 18.0 Å². The Morgan fingerprint density at radius 2 is 1.93 bits per heavy atom. The molecule has 0 radical (unpaired) electrons. The predicted molar refractivity (Wildman–Crippen MR) is 73.1 cm³/mol. The van der Waals surface area contributed by atoms with Crippen LogP contribution < -0.4 is 0 Å². The van der Waals surface area contributed by atoms with Gasteiger partial charge in [0.05, 0.1) is 8.12 Å². The minimum Gasteiger partial charge on any atom is -0.382 e. The molecular formula is C9H5Br2ClOS2. The van der Waals surface area contributed by atoms with Gasteiger partial charge in [0, 0.05) is 14.2 Å². The summed E-state index contributed by atoms with van der Waals surface area (Å²) in [4.78, 5) is 1.76. The zero-order chi connectivity index (χ0) is 11.0. The van der Waals surface area contributed by atoms with Gasteiger partial charge >= 0.3 is 0 Å². The summed E-state index contributed by atoms with van der Waals surface area (Å²) < 4.78 is 2.64. The van der Waals surface area contributed by atoms with Crippen molar-refractivity contribution in [1.82, 2.24) is 0 Å². The molecule has 1 N–H and O–H groups in total. The van der Waals surface area contributed by atoms with Crippen LogP contribution in [0.3, 0.4) is 0 Å². The highest BCUT2D eigenvalue weighted by Gasteiger charge is 2.16. The summed E-state index contributed by atoms with van der Waals surface area (Å²) in [5, 5.41) is 10.1. The Kier molecular flexibility index (Phi) is 3.91. The molecule has 2 aromatic heterocycles. The summed E-state index contributed by atoms with van der Waals surface area (Å²) in [6, 6.07) is 5.55. The topological polar surface area (TPSA) is 20.2 Å². The van der Waals surface area contributed by atoms with Crippen LogP contribution in [-0.4, -0.2) is 5.11 Å². The summed E-state index contributed by atoms with van der Waals surface area (Å²) in [6.07, 6.45) is -0.588. The average molecular weight is 389 g/mol. The third kappa shape index (κ3) is 2.65. The first-order valence-electron chi connectivity index (χ1n) is 3.96. The van der Waals surface area contributed by atoms with Crippen molar-refractivity contribution in [2.45, 2.75) is 6.10 Å². The third-order valence-electron chi connectivity index (χ3n) is 1.80. The van der Waals surface area contributed by atoms with E-state index in [1.165, 1.54) is 22.7 Å². The molecule has 2 rings (SSSR count). The van der Waals surface area contributed by atoms with Crippen LogP contribution in [0.1, 0.15) is 15.9 Å². The second kappa shape index (κ2) is 4.85. The Morgan fingerprint density at radius 1 is 1.20 bits per heavy atom. The molecule has 0 aliphatic rings. The summed E-state index contributed by atoms with van der Waals surface area (Å²) in [5.41, 5.74) is 0. The van der Waals surface area contributed by atoms with Crippen molar-refractivity contribution < 1.29 is 5.11 Å². The van der Waals surface area contributed by atoms with E-state index >= 15 is 0 Å². The second-order valence-electron chi connectivity index (χ2n) is 2.81. The van der Waals surface area contributed by atoms with E-state index in [9.17, 15) is 5.11 Å². The van der Waals surface area contributed by atoms with Gasteiger partial charge in [0.2, 0.25) is 0 Å². The molecule has 0 aliphatic carbocycles. The van der Waals surface area contributed by atoms with E-state index in [1.807, 2.05) is 12.1 Å². The largest absolute Gasteiger partial charge is 0.382 e. The van der Waals surface area contributed by atoms with Crippen molar-refractivity contribution in [1.29, 1.82) is 0 Å². The molecule has 1 unspecified atom stereocenters. The predicted octanol–water partition coefficient (Wildman–Crippen LogP) is 5.07. The third-order valence-corrected chi connectivity index (χ3v) is 6.39. The number of hydrogen-bond donors (Lipinski definition) is 1.